The monoisotopic (exact) mass is 608 g/mol. The molecule has 0 aliphatic carbocycles. The van der Waals surface area contributed by atoms with Crippen LogP contribution in [-0.2, 0) is 28.6 Å². The lowest BCUT2D eigenvalue weighted by atomic mass is 10.0. The highest BCUT2D eigenvalue weighted by Gasteiger charge is 2.28. The maximum absolute atomic E-state index is 12.9. The molecule has 0 aromatic heterocycles. The van der Waals surface area contributed by atoms with Gasteiger partial charge < -0.3 is 0 Å². The predicted molar refractivity (Wildman–Crippen MR) is 167 cm³/mol. The molecule has 8 heteroatoms. The van der Waals surface area contributed by atoms with Crippen molar-refractivity contribution in [2.24, 2.45) is 0 Å². The van der Waals surface area contributed by atoms with Crippen LogP contribution in [0.25, 0.3) is 0 Å². The zero-order valence-electron chi connectivity index (χ0n) is 25.5. The Balaban J connectivity index is 1.75. The van der Waals surface area contributed by atoms with E-state index < -0.39 is 26.5 Å². The molecule has 0 fully saturated rings. The Hall–Kier alpha value is -1.74. The Morgan fingerprint density at radius 1 is 0.488 bits per heavy atom. The molecule has 0 bridgehead atoms. The van der Waals surface area contributed by atoms with Crippen LogP contribution in [0.5, 0.6) is 0 Å². The summed E-state index contributed by atoms with van der Waals surface area (Å²) in [5.74, 6) is 0. The summed E-state index contributed by atoms with van der Waals surface area (Å²) in [6.45, 7) is 5.97. The fourth-order valence-electron chi connectivity index (χ4n) is 4.77. The SMILES string of the molecule is CCCCCCCCCCCCCCCCCCC(OS(=O)(=O)c1ccc(C)cc1)OS(=O)(=O)c1ccc(C)cc1. The fraction of sp³-hybridized carbons (Fsp3) is 0.636. The molecule has 0 aliphatic heterocycles. The van der Waals surface area contributed by atoms with Gasteiger partial charge in [0.25, 0.3) is 20.2 Å². The van der Waals surface area contributed by atoms with Crippen molar-refractivity contribution in [3.05, 3.63) is 59.7 Å². The van der Waals surface area contributed by atoms with E-state index in [4.69, 9.17) is 8.37 Å². The highest BCUT2D eigenvalue weighted by atomic mass is 32.2. The number of unbranched alkanes of at least 4 members (excludes halogenated alkanes) is 15. The van der Waals surface area contributed by atoms with Crippen molar-refractivity contribution in [3.63, 3.8) is 0 Å². The van der Waals surface area contributed by atoms with E-state index in [1.807, 2.05) is 13.8 Å². The first-order valence-electron chi connectivity index (χ1n) is 15.6. The average molecular weight is 609 g/mol. The number of hydrogen-bond donors (Lipinski definition) is 0. The van der Waals surface area contributed by atoms with Gasteiger partial charge in [0.1, 0.15) is 0 Å². The van der Waals surface area contributed by atoms with Gasteiger partial charge in [-0.25, -0.2) is 8.37 Å². The average Bonchev–Trinajstić information content (AvgIpc) is 2.93. The second-order valence-corrected chi connectivity index (χ2v) is 14.4. The first-order valence-corrected chi connectivity index (χ1v) is 18.5. The molecule has 0 saturated carbocycles. The molecular weight excluding hydrogens is 556 g/mol. The quantitative estimate of drug-likeness (QED) is 0.0709. The molecule has 0 spiro atoms. The molecule has 2 aromatic carbocycles. The third-order valence-electron chi connectivity index (χ3n) is 7.38. The zero-order valence-corrected chi connectivity index (χ0v) is 27.1. The van der Waals surface area contributed by atoms with Crippen molar-refractivity contribution < 1.29 is 25.2 Å². The van der Waals surface area contributed by atoms with Crippen LogP contribution >= 0.6 is 0 Å². The number of aryl methyl sites for hydroxylation is 2. The van der Waals surface area contributed by atoms with E-state index in [0.717, 1.165) is 30.4 Å². The van der Waals surface area contributed by atoms with Gasteiger partial charge in [0.05, 0.1) is 9.79 Å². The summed E-state index contributed by atoms with van der Waals surface area (Å²) in [7, 11) is -8.40. The van der Waals surface area contributed by atoms with Gasteiger partial charge in [-0.3, -0.25) is 0 Å². The first-order chi connectivity index (χ1) is 19.6. The van der Waals surface area contributed by atoms with Crippen LogP contribution in [0.4, 0.5) is 0 Å². The maximum atomic E-state index is 12.9. The van der Waals surface area contributed by atoms with Crippen LogP contribution in [0.15, 0.2) is 58.3 Å². The minimum absolute atomic E-state index is 0.0311. The van der Waals surface area contributed by atoms with E-state index in [2.05, 4.69) is 6.92 Å². The van der Waals surface area contributed by atoms with E-state index in [9.17, 15) is 16.8 Å². The smallest absolute Gasteiger partial charge is 0.233 e. The minimum Gasteiger partial charge on any atom is -0.233 e. The second-order valence-electron chi connectivity index (χ2n) is 11.2. The van der Waals surface area contributed by atoms with Crippen LogP contribution in [0.3, 0.4) is 0 Å². The standard InChI is InChI=1S/C33H52O6S2/c1-4-5-6-7-8-9-10-11-12-13-14-15-16-17-18-19-20-33(38-40(34,35)31-25-21-29(2)22-26-31)39-41(36,37)32-27-23-30(3)24-28-32/h21-28,33H,4-20H2,1-3H3. The molecule has 0 heterocycles. The highest BCUT2D eigenvalue weighted by molar-refractivity contribution is 7.87. The van der Waals surface area contributed by atoms with Gasteiger partial charge in [-0.2, -0.15) is 16.8 Å². The van der Waals surface area contributed by atoms with Gasteiger partial charge in [-0.1, -0.05) is 139 Å². The summed E-state index contributed by atoms with van der Waals surface area (Å²) in [4.78, 5) is -0.0622. The van der Waals surface area contributed by atoms with Crippen molar-refractivity contribution in [2.75, 3.05) is 0 Å². The van der Waals surface area contributed by atoms with E-state index in [-0.39, 0.29) is 16.2 Å². The van der Waals surface area contributed by atoms with Crippen molar-refractivity contribution in [1.82, 2.24) is 0 Å². The lowest BCUT2D eigenvalue weighted by Crippen LogP contribution is -2.25. The number of benzene rings is 2. The summed E-state index contributed by atoms with van der Waals surface area (Å²) in [5.41, 5.74) is 1.82. The lowest BCUT2D eigenvalue weighted by Gasteiger charge is -2.18. The summed E-state index contributed by atoms with van der Waals surface area (Å²) >= 11 is 0. The van der Waals surface area contributed by atoms with Gasteiger partial charge >= 0.3 is 0 Å². The zero-order chi connectivity index (χ0) is 30.0. The Labute approximate surface area is 250 Å². The molecule has 0 atom stereocenters. The third kappa shape index (κ3) is 14.8. The summed E-state index contributed by atoms with van der Waals surface area (Å²) in [6, 6.07) is 12.5. The Morgan fingerprint density at radius 3 is 1.10 bits per heavy atom. The molecule has 0 unspecified atom stereocenters. The molecule has 6 nitrogen and oxygen atoms in total. The molecule has 41 heavy (non-hydrogen) atoms. The molecule has 232 valence electrons. The first kappa shape index (κ1) is 35.5. The van der Waals surface area contributed by atoms with Crippen LogP contribution in [0.1, 0.15) is 127 Å². The number of hydrogen-bond acceptors (Lipinski definition) is 6. The van der Waals surface area contributed by atoms with Gasteiger partial charge in [0.2, 0.25) is 0 Å². The molecule has 2 aromatic rings. The van der Waals surface area contributed by atoms with Crippen molar-refractivity contribution in [2.45, 2.75) is 146 Å². The normalized spacial score (nSPS) is 12.3. The molecule has 0 saturated heterocycles. The third-order valence-corrected chi connectivity index (χ3v) is 10.0. The molecule has 0 amide bonds. The van der Waals surface area contributed by atoms with Crippen LogP contribution in [0, 0.1) is 13.8 Å². The van der Waals surface area contributed by atoms with Crippen LogP contribution < -0.4 is 0 Å². The summed E-state index contributed by atoms with van der Waals surface area (Å²) in [6.07, 6.45) is 18.3. The molecule has 2 rings (SSSR count). The van der Waals surface area contributed by atoms with E-state index in [0.29, 0.717) is 6.42 Å². The van der Waals surface area contributed by atoms with E-state index in [1.165, 1.54) is 101 Å². The predicted octanol–water partition coefficient (Wildman–Crippen LogP) is 9.39. The van der Waals surface area contributed by atoms with Crippen molar-refractivity contribution >= 4 is 20.2 Å². The van der Waals surface area contributed by atoms with E-state index in [1.54, 1.807) is 24.3 Å². The van der Waals surface area contributed by atoms with E-state index >= 15 is 0 Å². The largest absolute Gasteiger partial charge is 0.299 e. The van der Waals surface area contributed by atoms with Crippen LogP contribution in [-0.4, -0.2) is 23.1 Å². The Morgan fingerprint density at radius 2 is 0.780 bits per heavy atom. The lowest BCUT2D eigenvalue weighted by molar-refractivity contribution is 0.00873. The molecule has 0 radical (unpaired) electrons. The fourth-order valence-corrected chi connectivity index (χ4v) is 6.82. The topological polar surface area (TPSA) is 86.7 Å². The summed E-state index contributed by atoms with van der Waals surface area (Å²) in [5, 5.41) is 0. The second kappa shape index (κ2) is 19.4. The Kier molecular flexibility index (Phi) is 16.8. The van der Waals surface area contributed by atoms with Gasteiger partial charge in [-0.15, -0.1) is 0 Å². The molecule has 0 aliphatic rings. The highest BCUT2D eigenvalue weighted by Crippen LogP contribution is 2.23. The van der Waals surface area contributed by atoms with Gasteiger partial charge in [0.15, 0.2) is 6.29 Å². The van der Waals surface area contributed by atoms with Gasteiger partial charge in [-0.05, 0) is 44.5 Å². The van der Waals surface area contributed by atoms with Crippen molar-refractivity contribution in [1.29, 1.82) is 0 Å². The van der Waals surface area contributed by atoms with Crippen molar-refractivity contribution in [3.8, 4) is 0 Å². The molecule has 0 N–H and O–H groups in total. The van der Waals surface area contributed by atoms with Gasteiger partial charge in [0, 0.05) is 6.42 Å². The maximum Gasteiger partial charge on any atom is 0.299 e. The van der Waals surface area contributed by atoms with Crippen LogP contribution in [0.2, 0.25) is 0 Å². The molecular formula is C33H52O6S2. The number of rotatable bonds is 23. The summed E-state index contributed by atoms with van der Waals surface area (Å²) < 4.78 is 62.3. The Bertz CT molecular complexity index is 1100. The minimum atomic E-state index is -4.20.